The number of furan rings is 1. The number of hydrogen-bond acceptors (Lipinski definition) is 7. The Kier molecular flexibility index (Phi) is 6.05. The first kappa shape index (κ1) is 21.8. The van der Waals surface area contributed by atoms with Gasteiger partial charge in [0.2, 0.25) is 0 Å². The number of aliphatic hydroxyl groups excluding tert-OH is 2. The van der Waals surface area contributed by atoms with E-state index in [4.69, 9.17) is 24.8 Å². The maximum atomic E-state index is 13.3. The van der Waals surface area contributed by atoms with Crippen molar-refractivity contribution in [2.24, 2.45) is 0 Å². The van der Waals surface area contributed by atoms with Gasteiger partial charge in [0.15, 0.2) is 17.3 Å². The molecule has 0 fully saturated rings. The number of benzene rings is 2. The second kappa shape index (κ2) is 8.06. The highest BCUT2D eigenvalue weighted by atomic mass is 79.9. The van der Waals surface area contributed by atoms with E-state index in [2.05, 4.69) is 31.9 Å². The third-order valence-electron chi connectivity index (χ3n) is 4.35. The van der Waals surface area contributed by atoms with Crippen LogP contribution in [0.2, 0.25) is 0 Å². The Balaban J connectivity index is 2.40. The molecule has 1 heterocycles. The first-order chi connectivity index (χ1) is 13.6. The van der Waals surface area contributed by atoms with Crippen molar-refractivity contribution in [3.63, 3.8) is 0 Å². The number of methoxy groups -OCH3 is 1. The normalized spacial score (nSPS) is 12.3. The summed E-state index contributed by atoms with van der Waals surface area (Å²) in [6.07, 6.45) is -1.56. The van der Waals surface area contributed by atoms with Crippen LogP contribution < -0.4 is 15.7 Å². The molecule has 7 nitrogen and oxygen atoms in total. The lowest BCUT2D eigenvalue weighted by atomic mass is 9.81. The van der Waals surface area contributed by atoms with Crippen LogP contribution in [0.5, 0.6) is 17.2 Å². The van der Waals surface area contributed by atoms with Gasteiger partial charge >= 0.3 is 0 Å². The number of phenolic OH excluding ortho intramolecular Hbond substituents is 2. The molecule has 0 aliphatic carbocycles. The molecule has 11 heteroatoms. The van der Waals surface area contributed by atoms with Crippen molar-refractivity contribution in [2.45, 2.75) is 6.10 Å². The van der Waals surface area contributed by atoms with Crippen LogP contribution in [0.4, 0.5) is 0 Å². The van der Waals surface area contributed by atoms with Crippen LogP contribution in [-0.4, -0.2) is 55.6 Å². The Morgan fingerprint density at radius 2 is 1.76 bits per heavy atom. The van der Waals surface area contributed by atoms with E-state index in [1.54, 1.807) is 0 Å². The second-order valence-corrected chi connectivity index (χ2v) is 7.78. The number of hydrogen-bond donors (Lipinski definition) is 4. The molecule has 29 heavy (non-hydrogen) atoms. The van der Waals surface area contributed by atoms with Gasteiger partial charge in [0.1, 0.15) is 38.9 Å². The van der Waals surface area contributed by atoms with Gasteiger partial charge in [-0.1, -0.05) is 0 Å². The summed E-state index contributed by atoms with van der Waals surface area (Å²) < 4.78 is 11.1. The van der Waals surface area contributed by atoms with E-state index in [0.717, 1.165) is 0 Å². The molecule has 3 rings (SSSR count). The van der Waals surface area contributed by atoms with Gasteiger partial charge < -0.3 is 29.6 Å². The molecule has 146 valence electrons. The third kappa shape index (κ3) is 3.46. The van der Waals surface area contributed by atoms with Crippen LogP contribution in [0.25, 0.3) is 11.0 Å². The zero-order valence-corrected chi connectivity index (χ0v) is 18.0. The number of halogens is 2. The van der Waals surface area contributed by atoms with E-state index in [-0.39, 0.29) is 59.2 Å². The Morgan fingerprint density at radius 1 is 1.17 bits per heavy atom. The molecule has 4 radical (unpaired) electrons. The molecular weight excluding hydrogens is 510 g/mol. The van der Waals surface area contributed by atoms with Crippen molar-refractivity contribution in [3.05, 3.63) is 38.0 Å². The molecule has 4 N–H and O–H groups in total. The number of fused-ring (bicyclic) bond motifs is 1. The van der Waals surface area contributed by atoms with E-state index in [0.29, 0.717) is 0 Å². The summed E-state index contributed by atoms with van der Waals surface area (Å²) in [4.78, 5) is 13.3. The topological polar surface area (TPSA) is 120 Å². The Hall–Kier alpha value is -1.94. The maximum absolute atomic E-state index is 13.3. The lowest BCUT2D eigenvalue weighted by Gasteiger charge is -2.12. The average Bonchev–Trinajstić information content (AvgIpc) is 3.10. The fraction of sp³-hybridized carbons (Fsp3) is 0.167. The molecule has 0 amide bonds. The molecule has 1 unspecified atom stereocenters. The standard InChI is InChI=1S/C18H12B2Br2O7/c1-28-18-12(20)17-9(11(19)15(18)27)10(16(29-17)8(24)4-23)13(25)5-2-6(21)14(26)7(22)3-5/h2-3,8,23-24,26-27H,4H2,1H3. The van der Waals surface area contributed by atoms with Crippen LogP contribution in [0.3, 0.4) is 0 Å². The van der Waals surface area contributed by atoms with Crippen LogP contribution in [-0.2, 0) is 0 Å². The van der Waals surface area contributed by atoms with Gasteiger partial charge in [0.25, 0.3) is 0 Å². The highest BCUT2D eigenvalue weighted by molar-refractivity contribution is 9.11. The number of ether oxygens (including phenoxy) is 1. The molecule has 0 saturated carbocycles. The van der Waals surface area contributed by atoms with Gasteiger partial charge in [-0.15, -0.1) is 0 Å². The van der Waals surface area contributed by atoms with Crippen LogP contribution in [0.15, 0.2) is 25.5 Å². The van der Waals surface area contributed by atoms with E-state index in [9.17, 15) is 25.2 Å². The minimum atomic E-state index is -1.56. The Morgan fingerprint density at radius 3 is 2.28 bits per heavy atom. The highest BCUT2D eigenvalue weighted by Gasteiger charge is 2.31. The largest absolute Gasteiger partial charge is 0.506 e. The smallest absolute Gasteiger partial charge is 0.197 e. The Labute approximate surface area is 184 Å². The summed E-state index contributed by atoms with van der Waals surface area (Å²) >= 11 is 6.30. The van der Waals surface area contributed by atoms with E-state index >= 15 is 0 Å². The van der Waals surface area contributed by atoms with Crippen molar-refractivity contribution in [3.8, 4) is 17.2 Å². The van der Waals surface area contributed by atoms with Crippen molar-refractivity contribution in [2.75, 3.05) is 13.7 Å². The highest BCUT2D eigenvalue weighted by Crippen LogP contribution is 2.38. The zero-order chi connectivity index (χ0) is 21.6. The number of carbonyl (C=O) groups is 1. The van der Waals surface area contributed by atoms with Crippen molar-refractivity contribution in [1.29, 1.82) is 0 Å². The molecular formula is C18H12B2Br2O7. The monoisotopic (exact) mass is 520 g/mol. The summed E-state index contributed by atoms with van der Waals surface area (Å²) in [6, 6.07) is 2.72. The number of phenols is 2. The first-order valence-corrected chi connectivity index (χ1v) is 9.64. The van der Waals surface area contributed by atoms with Crippen molar-refractivity contribution in [1.82, 2.24) is 0 Å². The molecule has 0 bridgehead atoms. The predicted molar refractivity (Wildman–Crippen MR) is 114 cm³/mol. The van der Waals surface area contributed by atoms with Crippen molar-refractivity contribution >= 4 is 75.2 Å². The minimum Gasteiger partial charge on any atom is -0.506 e. The van der Waals surface area contributed by atoms with Crippen molar-refractivity contribution < 1.29 is 34.4 Å². The SMILES string of the molecule is [B]c1c(OC)c(O)c([B])c2c(C(=O)c3cc(Br)c(O)c(Br)c3)c(C(O)CO)oc12. The van der Waals surface area contributed by atoms with Crippen LogP contribution >= 0.6 is 31.9 Å². The number of ketones is 1. The fourth-order valence-corrected chi connectivity index (χ4v) is 4.14. The summed E-state index contributed by atoms with van der Waals surface area (Å²) in [5, 5.41) is 39.8. The number of aliphatic hydroxyl groups is 2. The van der Waals surface area contributed by atoms with Gasteiger partial charge in [0.05, 0.1) is 28.2 Å². The molecule has 0 saturated heterocycles. The number of rotatable bonds is 5. The van der Waals surface area contributed by atoms with Gasteiger partial charge in [-0.3, -0.25) is 4.79 Å². The molecule has 1 aromatic heterocycles. The summed E-state index contributed by atoms with van der Waals surface area (Å²) in [6.45, 7) is -0.744. The number of carbonyl (C=O) groups excluding carboxylic acids is 1. The average molecular weight is 522 g/mol. The van der Waals surface area contributed by atoms with Gasteiger partial charge in [-0.25, -0.2) is 0 Å². The minimum absolute atomic E-state index is 0.0337. The molecule has 0 spiro atoms. The van der Waals surface area contributed by atoms with Crippen LogP contribution in [0.1, 0.15) is 27.8 Å². The fourth-order valence-electron chi connectivity index (χ4n) is 2.96. The maximum Gasteiger partial charge on any atom is 0.197 e. The second-order valence-electron chi connectivity index (χ2n) is 6.07. The summed E-state index contributed by atoms with van der Waals surface area (Å²) in [5.74, 6) is -1.68. The lowest BCUT2D eigenvalue weighted by molar-refractivity contribution is 0.0768. The molecule has 0 aliphatic rings. The van der Waals surface area contributed by atoms with Crippen LogP contribution in [0, 0.1) is 0 Å². The lowest BCUT2D eigenvalue weighted by Crippen LogP contribution is -2.18. The summed E-state index contributed by atoms with van der Waals surface area (Å²) in [7, 11) is 13.3. The quantitative estimate of drug-likeness (QED) is 0.294. The molecule has 3 aromatic rings. The van der Waals surface area contributed by atoms with E-state index in [1.807, 2.05) is 0 Å². The summed E-state index contributed by atoms with van der Waals surface area (Å²) in [5.41, 5.74) is -0.545. The third-order valence-corrected chi connectivity index (χ3v) is 5.56. The molecule has 0 aliphatic heterocycles. The van der Waals surface area contributed by atoms with Gasteiger partial charge in [-0.2, -0.15) is 0 Å². The Bertz CT molecular complexity index is 1120. The first-order valence-electron chi connectivity index (χ1n) is 8.05. The van der Waals surface area contributed by atoms with E-state index in [1.165, 1.54) is 19.2 Å². The predicted octanol–water partition coefficient (Wildman–Crippen LogP) is 1.22. The molecule has 2 aromatic carbocycles. The molecule has 1 atom stereocenters. The number of aromatic hydroxyl groups is 2. The zero-order valence-electron chi connectivity index (χ0n) is 14.9. The van der Waals surface area contributed by atoms with Gasteiger partial charge in [0, 0.05) is 10.9 Å². The van der Waals surface area contributed by atoms with E-state index < -0.39 is 24.2 Å². The van der Waals surface area contributed by atoms with Gasteiger partial charge in [-0.05, 0) is 54.9 Å².